The fourth-order valence-corrected chi connectivity index (χ4v) is 1.66. The first-order valence-electron chi connectivity index (χ1n) is 5.96. The van der Waals surface area contributed by atoms with Gasteiger partial charge in [0.15, 0.2) is 0 Å². The molecule has 0 aliphatic heterocycles. The van der Waals surface area contributed by atoms with E-state index in [0.717, 1.165) is 5.56 Å². The van der Waals surface area contributed by atoms with Crippen LogP contribution in [0.2, 0.25) is 0 Å². The van der Waals surface area contributed by atoms with Crippen LogP contribution >= 0.6 is 0 Å². The molecule has 0 atom stereocenters. The summed E-state index contributed by atoms with van der Waals surface area (Å²) in [5, 5.41) is 8.34. The molecule has 5 heteroatoms. The molecule has 1 radical (unpaired) electrons. The number of benzene rings is 2. The lowest BCUT2D eigenvalue weighted by Gasteiger charge is -2.04. The van der Waals surface area contributed by atoms with Gasteiger partial charge in [0.05, 0.1) is 12.8 Å². The van der Waals surface area contributed by atoms with Crippen molar-refractivity contribution in [1.29, 1.82) is 0 Å². The Morgan fingerprint density at radius 1 is 1.00 bits per heavy atom. The van der Waals surface area contributed by atoms with Crippen LogP contribution in [0, 0.1) is 0 Å². The Morgan fingerprint density at radius 2 is 1.65 bits per heavy atom. The SMILES string of the molecule is COc1ccccc1/N=N/c1ccccc1CO[C]=O. The van der Waals surface area contributed by atoms with Crippen molar-refractivity contribution >= 4 is 17.8 Å². The van der Waals surface area contributed by atoms with Crippen molar-refractivity contribution in [3.05, 3.63) is 54.1 Å². The zero-order valence-electron chi connectivity index (χ0n) is 10.9. The van der Waals surface area contributed by atoms with Crippen molar-refractivity contribution in [2.24, 2.45) is 10.2 Å². The van der Waals surface area contributed by atoms with Crippen molar-refractivity contribution in [1.82, 2.24) is 0 Å². The first-order valence-corrected chi connectivity index (χ1v) is 5.96. The lowest BCUT2D eigenvalue weighted by molar-refractivity contribution is 0.267. The number of methoxy groups -OCH3 is 1. The van der Waals surface area contributed by atoms with Gasteiger partial charge in [0.1, 0.15) is 18.0 Å². The third-order valence-electron chi connectivity index (χ3n) is 2.63. The number of ether oxygens (including phenoxy) is 2. The molecule has 2 rings (SSSR count). The molecule has 0 aromatic heterocycles. The predicted octanol–water partition coefficient (Wildman–Crippen LogP) is 3.69. The van der Waals surface area contributed by atoms with Crippen molar-refractivity contribution < 1.29 is 14.3 Å². The molecule has 0 aliphatic rings. The van der Waals surface area contributed by atoms with Gasteiger partial charge in [-0.05, 0) is 18.2 Å². The van der Waals surface area contributed by atoms with Crippen molar-refractivity contribution in [3.63, 3.8) is 0 Å². The highest BCUT2D eigenvalue weighted by Crippen LogP contribution is 2.29. The molecule has 5 nitrogen and oxygen atoms in total. The van der Waals surface area contributed by atoms with Gasteiger partial charge in [-0.25, -0.2) is 4.79 Å². The van der Waals surface area contributed by atoms with E-state index in [1.54, 1.807) is 19.2 Å². The lowest BCUT2D eigenvalue weighted by atomic mass is 10.2. The van der Waals surface area contributed by atoms with E-state index in [0.29, 0.717) is 17.1 Å². The molecule has 0 bridgehead atoms. The van der Waals surface area contributed by atoms with E-state index >= 15 is 0 Å². The largest absolute Gasteiger partial charge is 0.494 e. The molecule has 0 N–H and O–H groups in total. The molecule has 0 fully saturated rings. The number of rotatable bonds is 6. The Morgan fingerprint density at radius 3 is 2.40 bits per heavy atom. The molecular weight excluding hydrogens is 256 g/mol. The monoisotopic (exact) mass is 269 g/mol. The molecule has 0 unspecified atom stereocenters. The van der Waals surface area contributed by atoms with Crippen molar-refractivity contribution in [3.8, 4) is 5.75 Å². The third-order valence-corrected chi connectivity index (χ3v) is 2.63. The quantitative estimate of drug-likeness (QED) is 0.751. The van der Waals surface area contributed by atoms with Gasteiger partial charge in [0.2, 0.25) is 0 Å². The predicted molar refractivity (Wildman–Crippen MR) is 74.1 cm³/mol. The summed E-state index contributed by atoms with van der Waals surface area (Å²) in [5.74, 6) is 0.645. The van der Waals surface area contributed by atoms with E-state index in [4.69, 9.17) is 4.74 Å². The van der Waals surface area contributed by atoms with Crippen molar-refractivity contribution in [2.45, 2.75) is 6.61 Å². The minimum Gasteiger partial charge on any atom is -0.494 e. The van der Waals surface area contributed by atoms with E-state index < -0.39 is 0 Å². The maximum absolute atomic E-state index is 10.1. The number of para-hydroxylation sites is 1. The van der Waals surface area contributed by atoms with Crippen LogP contribution in [0.1, 0.15) is 5.56 Å². The number of nitrogens with zero attached hydrogens (tertiary/aromatic N) is 2. The van der Waals surface area contributed by atoms with E-state index in [2.05, 4.69) is 15.0 Å². The van der Waals surface area contributed by atoms with Crippen LogP contribution in [-0.4, -0.2) is 13.6 Å². The summed E-state index contributed by atoms with van der Waals surface area (Å²) in [4.78, 5) is 10.1. The molecule has 0 aliphatic carbocycles. The van der Waals surface area contributed by atoms with E-state index in [-0.39, 0.29) is 6.61 Å². The summed E-state index contributed by atoms with van der Waals surface area (Å²) in [7, 11) is 1.58. The Balaban J connectivity index is 2.24. The molecular formula is C15H13N2O3. The summed E-state index contributed by atoms with van der Waals surface area (Å²) in [6.45, 7) is 1.51. The number of azo groups is 1. The summed E-state index contributed by atoms with van der Waals surface area (Å²) in [5.41, 5.74) is 2.02. The van der Waals surface area contributed by atoms with Gasteiger partial charge < -0.3 is 9.47 Å². The van der Waals surface area contributed by atoms with Crippen LogP contribution in [0.3, 0.4) is 0 Å². The fourth-order valence-electron chi connectivity index (χ4n) is 1.66. The van der Waals surface area contributed by atoms with Gasteiger partial charge in [0, 0.05) is 5.56 Å². The second kappa shape index (κ2) is 7.04. The number of hydrogen-bond donors (Lipinski definition) is 0. The van der Waals surface area contributed by atoms with Crippen LogP contribution in [0.25, 0.3) is 0 Å². The van der Waals surface area contributed by atoms with Gasteiger partial charge in [-0.3, -0.25) is 0 Å². The Labute approximate surface area is 116 Å². The van der Waals surface area contributed by atoms with E-state index in [1.165, 1.54) is 6.47 Å². The lowest BCUT2D eigenvalue weighted by Crippen LogP contribution is -1.89. The van der Waals surface area contributed by atoms with Gasteiger partial charge in [-0.15, -0.1) is 5.11 Å². The molecule has 0 saturated heterocycles. The average molecular weight is 269 g/mol. The minimum atomic E-state index is 0.116. The summed E-state index contributed by atoms with van der Waals surface area (Å²) in [6.07, 6.45) is 0. The summed E-state index contributed by atoms with van der Waals surface area (Å²) < 4.78 is 9.82. The summed E-state index contributed by atoms with van der Waals surface area (Å²) in [6, 6.07) is 14.6. The van der Waals surface area contributed by atoms with Crippen LogP contribution in [0.5, 0.6) is 5.75 Å². The highest BCUT2D eigenvalue weighted by molar-refractivity contribution is 5.52. The van der Waals surface area contributed by atoms with Gasteiger partial charge in [-0.1, -0.05) is 30.3 Å². The molecule has 2 aromatic carbocycles. The van der Waals surface area contributed by atoms with E-state index in [9.17, 15) is 4.79 Å². The maximum Gasteiger partial charge on any atom is 0.417 e. The van der Waals surface area contributed by atoms with E-state index in [1.807, 2.05) is 36.4 Å². The first-order chi connectivity index (χ1) is 9.85. The second-order valence-corrected chi connectivity index (χ2v) is 3.87. The molecule has 0 amide bonds. The van der Waals surface area contributed by atoms with Gasteiger partial charge in [0.25, 0.3) is 0 Å². The highest BCUT2D eigenvalue weighted by Gasteiger charge is 2.03. The molecule has 101 valence electrons. The fraction of sp³-hybridized carbons (Fsp3) is 0.133. The average Bonchev–Trinajstić information content (AvgIpc) is 2.52. The molecule has 0 heterocycles. The number of hydrogen-bond acceptors (Lipinski definition) is 5. The number of carbonyl (C=O) groups excluding carboxylic acids is 1. The van der Waals surface area contributed by atoms with Crippen molar-refractivity contribution in [2.75, 3.05) is 7.11 Å². The van der Waals surface area contributed by atoms with Crippen LogP contribution < -0.4 is 4.74 Å². The zero-order chi connectivity index (χ0) is 14.2. The molecule has 0 spiro atoms. The third kappa shape index (κ3) is 3.41. The Hall–Kier alpha value is -2.69. The molecule has 20 heavy (non-hydrogen) atoms. The normalized spacial score (nSPS) is 10.4. The topological polar surface area (TPSA) is 60.3 Å². The van der Waals surface area contributed by atoms with Crippen LogP contribution in [0.15, 0.2) is 58.8 Å². The minimum absolute atomic E-state index is 0.116. The maximum atomic E-state index is 10.1. The summed E-state index contributed by atoms with van der Waals surface area (Å²) >= 11 is 0. The van der Waals surface area contributed by atoms with Gasteiger partial charge >= 0.3 is 6.47 Å². The van der Waals surface area contributed by atoms with Crippen LogP contribution in [0.4, 0.5) is 11.4 Å². The highest BCUT2D eigenvalue weighted by atomic mass is 16.5. The standard InChI is InChI=1S/C15H13N2O3/c1-19-15-9-5-4-8-14(15)17-16-13-7-3-2-6-12(13)10-20-11-18/h2-9H,10H2,1H3/b17-16+. The zero-order valence-corrected chi connectivity index (χ0v) is 10.9. The smallest absolute Gasteiger partial charge is 0.417 e. The first kappa shape index (κ1) is 13.7. The second-order valence-electron chi connectivity index (χ2n) is 3.87. The molecule has 2 aromatic rings. The van der Waals surface area contributed by atoms with Crippen LogP contribution in [-0.2, 0) is 16.1 Å². The molecule has 0 saturated carbocycles. The Bertz CT molecular complexity index is 612. The van der Waals surface area contributed by atoms with Gasteiger partial charge in [-0.2, -0.15) is 5.11 Å². The Kier molecular flexibility index (Phi) is 4.83.